The maximum Gasteiger partial charge on any atom is 0.409 e. The number of esters is 1. The smallest absolute Gasteiger partial charge is 0.409 e. The molecule has 0 aliphatic rings. The normalized spacial score (nSPS) is 11.4. The maximum absolute atomic E-state index is 11.1. The molecule has 0 bridgehead atoms. The van der Waals surface area contributed by atoms with Gasteiger partial charge in [-0.15, -0.1) is 0 Å². The van der Waals surface area contributed by atoms with Crippen LogP contribution in [0.5, 0.6) is 0 Å². The van der Waals surface area contributed by atoms with Gasteiger partial charge in [0.2, 0.25) is 6.23 Å². The molecule has 0 aliphatic carbocycles. The van der Waals surface area contributed by atoms with Gasteiger partial charge in [0, 0.05) is 0 Å². The molecule has 17 heavy (non-hydrogen) atoms. The summed E-state index contributed by atoms with van der Waals surface area (Å²) >= 11 is 0. The van der Waals surface area contributed by atoms with Crippen LogP contribution in [0.3, 0.4) is 0 Å². The standard InChI is InChI=1S/C11H13NO5/c1-16-10(14)9(13)12-11(15)17-7-8-5-3-2-4-6-8/h2-6,9,13H,7H2,1H3,(H,12,15)/t9-/m0/s1. The SMILES string of the molecule is COC(=O)[C@H](O)NC(=O)OCc1ccccc1. The number of nitrogens with one attached hydrogen (secondary N) is 1. The quantitative estimate of drug-likeness (QED) is 0.587. The lowest BCUT2D eigenvalue weighted by molar-refractivity contribution is -0.151. The second-order valence-corrected chi connectivity index (χ2v) is 3.13. The van der Waals surface area contributed by atoms with E-state index in [2.05, 4.69) is 4.74 Å². The van der Waals surface area contributed by atoms with Gasteiger partial charge in [-0.25, -0.2) is 9.59 Å². The Morgan fingerprint density at radius 1 is 1.35 bits per heavy atom. The molecule has 0 unspecified atom stereocenters. The first-order chi connectivity index (χ1) is 8.13. The molecule has 1 aromatic carbocycles. The van der Waals surface area contributed by atoms with Crippen LogP contribution in [-0.2, 0) is 20.9 Å². The maximum atomic E-state index is 11.1. The molecule has 0 fully saturated rings. The molecule has 92 valence electrons. The third-order valence-electron chi connectivity index (χ3n) is 1.89. The molecule has 1 rings (SSSR count). The van der Waals surface area contributed by atoms with Crippen molar-refractivity contribution in [1.82, 2.24) is 5.32 Å². The Balaban J connectivity index is 2.33. The number of ether oxygens (including phenoxy) is 2. The van der Waals surface area contributed by atoms with Crippen molar-refractivity contribution in [3.05, 3.63) is 35.9 Å². The van der Waals surface area contributed by atoms with Gasteiger partial charge in [0.1, 0.15) is 6.61 Å². The molecule has 0 aliphatic heterocycles. The number of carbonyl (C=O) groups excluding carboxylic acids is 2. The Labute approximate surface area is 98.2 Å². The summed E-state index contributed by atoms with van der Waals surface area (Å²) in [6, 6.07) is 9.01. The first kappa shape index (κ1) is 13.0. The predicted molar refractivity (Wildman–Crippen MR) is 57.8 cm³/mol. The van der Waals surface area contributed by atoms with Crippen LogP contribution in [0.1, 0.15) is 5.56 Å². The summed E-state index contributed by atoms with van der Waals surface area (Å²) in [6.07, 6.45) is -2.62. The van der Waals surface area contributed by atoms with Crippen LogP contribution in [0.15, 0.2) is 30.3 Å². The van der Waals surface area contributed by atoms with E-state index in [0.29, 0.717) is 0 Å². The second-order valence-electron chi connectivity index (χ2n) is 3.13. The number of carbonyl (C=O) groups is 2. The van der Waals surface area contributed by atoms with Crippen molar-refractivity contribution in [1.29, 1.82) is 0 Å². The first-order valence-corrected chi connectivity index (χ1v) is 4.86. The van der Waals surface area contributed by atoms with Crippen molar-refractivity contribution in [2.75, 3.05) is 7.11 Å². The van der Waals surface area contributed by atoms with E-state index in [0.717, 1.165) is 12.7 Å². The molecule has 6 heteroatoms. The van der Waals surface area contributed by atoms with Crippen molar-refractivity contribution >= 4 is 12.1 Å². The van der Waals surface area contributed by atoms with Crippen LogP contribution in [0.4, 0.5) is 4.79 Å². The largest absolute Gasteiger partial charge is 0.466 e. The van der Waals surface area contributed by atoms with Crippen LogP contribution >= 0.6 is 0 Å². The highest BCUT2D eigenvalue weighted by atomic mass is 16.6. The van der Waals surface area contributed by atoms with Gasteiger partial charge in [-0.2, -0.15) is 0 Å². The van der Waals surface area contributed by atoms with Crippen LogP contribution in [-0.4, -0.2) is 30.5 Å². The van der Waals surface area contributed by atoms with E-state index in [1.807, 2.05) is 11.4 Å². The molecule has 0 saturated heterocycles. The molecule has 0 aromatic heterocycles. The summed E-state index contributed by atoms with van der Waals surface area (Å²) in [7, 11) is 1.10. The minimum Gasteiger partial charge on any atom is -0.466 e. The number of hydrogen-bond donors (Lipinski definition) is 2. The molecular weight excluding hydrogens is 226 g/mol. The Morgan fingerprint density at radius 2 is 2.00 bits per heavy atom. The number of aliphatic hydroxyl groups is 1. The van der Waals surface area contributed by atoms with Gasteiger partial charge in [0.25, 0.3) is 0 Å². The van der Waals surface area contributed by atoms with E-state index in [-0.39, 0.29) is 6.61 Å². The lowest BCUT2D eigenvalue weighted by Crippen LogP contribution is -2.41. The van der Waals surface area contributed by atoms with Gasteiger partial charge < -0.3 is 14.6 Å². The van der Waals surface area contributed by atoms with Crippen LogP contribution in [0, 0.1) is 0 Å². The average Bonchev–Trinajstić information content (AvgIpc) is 2.36. The number of amides is 1. The van der Waals surface area contributed by atoms with Gasteiger partial charge in [0.15, 0.2) is 0 Å². The summed E-state index contributed by atoms with van der Waals surface area (Å²) in [5.41, 5.74) is 0.801. The molecular formula is C11H13NO5. The number of benzene rings is 1. The lowest BCUT2D eigenvalue weighted by atomic mass is 10.2. The number of rotatable bonds is 4. The van der Waals surface area contributed by atoms with Gasteiger partial charge in [-0.3, -0.25) is 5.32 Å². The van der Waals surface area contributed by atoms with Crippen molar-refractivity contribution in [2.45, 2.75) is 12.8 Å². The lowest BCUT2D eigenvalue weighted by Gasteiger charge is -2.10. The third-order valence-corrected chi connectivity index (χ3v) is 1.89. The van der Waals surface area contributed by atoms with Crippen molar-refractivity contribution in [3.8, 4) is 0 Å². The highest BCUT2D eigenvalue weighted by molar-refractivity contribution is 5.79. The van der Waals surface area contributed by atoms with Crippen LogP contribution in [0.2, 0.25) is 0 Å². The summed E-state index contributed by atoms with van der Waals surface area (Å²) in [4.78, 5) is 21.9. The average molecular weight is 239 g/mol. The van der Waals surface area contributed by atoms with Crippen molar-refractivity contribution in [2.24, 2.45) is 0 Å². The Kier molecular flexibility index (Phi) is 4.96. The van der Waals surface area contributed by atoms with Gasteiger partial charge >= 0.3 is 12.1 Å². The Bertz CT molecular complexity index is 379. The van der Waals surface area contributed by atoms with Crippen molar-refractivity contribution in [3.63, 3.8) is 0 Å². The number of methoxy groups -OCH3 is 1. The van der Waals surface area contributed by atoms with E-state index in [4.69, 9.17) is 9.84 Å². The minimum atomic E-state index is -1.72. The monoisotopic (exact) mass is 239 g/mol. The van der Waals surface area contributed by atoms with Crippen molar-refractivity contribution < 1.29 is 24.2 Å². The molecule has 2 N–H and O–H groups in total. The molecule has 0 heterocycles. The van der Waals surface area contributed by atoms with E-state index in [9.17, 15) is 9.59 Å². The summed E-state index contributed by atoms with van der Waals surface area (Å²) in [5.74, 6) is -0.957. The van der Waals surface area contributed by atoms with Gasteiger partial charge in [0.05, 0.1) is 7.11 Å². The zero-order valence-electron chi connectivity index (χ0n) is 9.25. The Morgan fingerprint density at radius 3 is 2.59 bits per heavy atom. The van der Waals surface area contributed by atoms with Crippen LogP contribution in [0.25, 0.3) is 0 Å². The number of alkyl carbamates (subject to hydrolysis) is 1. The molecule has 1 atom stereocenters. The van der Waals surface area contributed by atoms with E-state index in [1.165, 1.54) is 0 Å². The fourth-order valence-corrected chi connectivity index (χ4v) is 1.05. The molecule has 6 nitrogen and oxygen atoms in total. The Hall–Kier alpha value is -2.08. The fourth-order valence-electron chi connectivity index (χ4n) is 1.05. The molecule has 0 radical (unpaired) electrons. The molecule has 0 spiro atoms. The predicted octanol–water partition coefficient (Wildman–Crippen LogP) is 0.404. The number of aliphatic hydroxyl groups excluding tert-OH is 1. The molecule has 1 aromatic rings. The summed E-state index contributed by atoms with van der Waals surface area (Å²) < 4.78 is 8.99. The van der Waals surface area contributed by atoms with Gasteiger partial charge in [-0.05, 0) is 5.56 Å². The fraction of sp³-hybridized carbons (Fsp3) is 0.273. The minimum absolute atomic E-state index is 0.0561. The van der Waals surface area contributed by atoms with Gasteiger partial charge in [-0.1, -0.05) is 30.3 Å². The zero-order valence-corrected chi connectivity index (χ0v) is 9.25. The summed E-state index contributed by atoms with van der Waals surface area (Å²) in [6.45, 7) is 0.0561. The van der Waals surface area contributed by atoms with E-state index >= 15 is 0 Å². The van der Waals surface area contributed by atoms with E-state index < -0.39 is 18.3 Å². The topological polar surface area (TPSA) is 84.9 Å². The second kappa shape index (κ2) is 6.49. The van der Waals surface area contributed by atoms with Crippen LogP contribution < -0.4 is 5.32 Å². The third kappa shape index (κ3) is 4.52. The summed E-state index contributed by atoms with van der Waals surface area (Å²) in [5, 5.41) is 11.0. The first-order valence-electron chi connectivity index (χ1n) is 4.86. The highest BCUT2D eigenvalue weighted by Crippen LogP contribution is 2.00. The molecule has 0 saturated carbocycles. The number of hydrogen-bond acceptors (Lipinski definition) is 5. The molecule has 1 amide bonds. The highest BCUT2D eigenvalue weighted by Gasteiger charge is 2.18. The zero-order chi connectivity index (χ0) is 12.7. The van der Waals surface area contributed by atoms with E-state index in [1.54, 1.807) is 24.3 Å².